The van der Waals surface area contributed by atoms with Crippen molar-refractivity contribution in [1.82, 2.24) is 19.7 Å². The van der Waals surface area contributed by atoms with Crippen LogP contribution in [-0.4, -0.2) is 39.9 Å². The molecule has 0 unspecified atom stereocenters. The molecule has 0 atom stereocenters. The number of piperidine rings is 1. The lowest BCUT2D eigenvalue weighted by Gasteiger charge is -2.26. The normalized spacial score (nSPS) is 14.7. The van der Waals surface area contributed by atoms with Crippen LogP contribution in [0.2, 0.25) is 0 Å². The molecular weight excluding hydrogens is 326 g/mol. The third-order valence-electron chi connectivity index (χ3n) is 4.45. The summed E-state index contributed by atoms with van der Waals surface area (Å²) in [7, 11) is 3.64. The number of aromatic nitrogens is 4. The molecule has 0 radical (unpaired) electrons. The molecule has 24 heavy (non-hydrogen) atoms. The summed E-state index contributed by atoms with van der Waals surface area (Å²) < 4.78 is 7.17. The Kier molecular flexibility index (Phi) is 4.66. The molecule has 0 spiro atoms. The van der Waals surface area contributed by atoms with Crippen molar-refractivity contribution in [2.45, 2.75) is 19.3 Å². The van der Waals surface area contributed by atoms with Crippen molar-refractivity contribution in [2.24, 2.45) is 7.05 Å². The van der Waals surface area contributed by atoms with Crippen molar-refractivity contribution in [2.75, 3.05) is 25.1 Å². The van der Waals surface area contributed by atoms with Crippen LogP contribution >= 0.6 is 12.4 Å². The molecule has 0 amide bonds. The Morgan fingerprint density at radius 3 is 2.67 bits per heavy atom. The van der Waals surface area contributed by atoms with E-state index in [9.17, 15) is 0 Å². The number of hydrogen-bond donors (Lipinski definition) is 1. The molecule has 0 aliphatic carbocycles. The van der Waals surface area contributed by atoms with Crippen LogP contribution in [0, 0.1) is 0 Å². The SMILES string of the molecule is COc1ccc2[nH]c(-c3nc(N4CCCCC4)n(C)n3)cc2c1.Cl. The summed E-state index contributed by atoms with van der Waals surface area (Å²) in [5, 5.41) is 5.70. The van der Waals surface area contributed by atoms with Crippen molar-refractivity contribution < 1.29 is 4.74 Å². The zero-order valence-corrected chi connectivity index (χ0v) is 14.8. The van der Waals surface area contributed by atoms with Gasteiger partial charge in [0.05, 0.1) is 12.8 Å². The number of H-pyrrole nitrogens is 1. The van der Waals surface area contributed by atoms with Crippen molar-refractivity contribution in [1.29, 1.82) is 0 Å². The van der Waals surface area contributed by atoms with Gasteiger partial charge in [-0.1, -0.05) is 0 Å². The first-order valence-electron chi connectivity index (χ1n) is 8.08. The van der Waals surface area contributed by atoms with Crippen LogP contribution in [0.5, 0.6) is 5.75 Å². The Morgan fingerprint density at radius 2 is 1.92 bits per heavy atom. The third kappa shape index (κ3) is 2.94. The number of ether oxygens (including phenoxy) is 1. The predicted octanol–water partition coefficient (Wildman–Crippen LogP) is 3.38. The topological polar surface area (TPSA) is 59.0 Å². The monoisotopic (exact) mass is 347 g/mol. The first kappa shape index (κ1) is 16.6. The Bertz CT molecular complexity index is 835. The number of rotatable bonds is 3. The summed E-state index contributed by atoms with van der Waals surface area (Å²) in [4.78, 5) is 10.5. The number of halogens is 1. The van der Waals surface area contributed by atoms with Crippen LogP contribution in [0.1, 0.15) is 19.3 Å². The molecule has 0 bridgehead atoms. The van der Waals surface area contributed by atoms with E-state index in [2.05, 4.69) is 21.0 Å². The molecule has 1 fully saturated rings. The summed E-state index contributed by atoms with van der Waals surface area (Å²) in [6.45, 7) is 2.13. The largest absolute Gasteiger partial charge is 0.497 e. The summed E-state index contributed by atoms with van der Waals surface area (Å²) in [6.07, 6.45) is 3.77. The van der Waals surface area contributed by atoms with Crippen molar-refractivity contribution in [3.63, 3.8) is 0 Å². The number of nitrogens with zero attached hydrogens (tertiary/aromatic N) is 4. The molecule has 1 aliphatic rings. The smallest absolute Gasteiger partial charge is 0.224 e. The second kappa shape index (κ2) is 6.73. The predicted molar refractivity (Wildman–Crippen MR) is 98.2 cm³/mol. The van der Waals surface area contributed by atoms with Crippen molar-refractivity contribution >= 4 is 29.3 Å². The van der Waals surface area contributed by atoms with Crippen LogP contribution in [0.4, 0.5) is 5.95 Å². The molecular formula is C17H22ClN5O. The molecule has 0 saturated carbocycles. The van der Waals surface area contributed by atoms with E-state index in [0.29, 0.717) is 0 Å². The quantitative estimate of drug-likeness (QED) is 0.789. The molecule has 1 N–H and O–H groups in total. The van der Waals surface area contributed by atoms with E-state index in [1.165, 1.54) is 19.3 Å². The Hall–Kier alpha value is -2.21. The van der Waals surface area contributed by atoms with Gasteiger partial charge < -0.3 is 14.6 Å². The first-order chi connectivity index (χ1) is 11.2. The molecule has 6 nitrogen and oxygen atoms in total. The van der Waals surface area contributed by atoms with Crippen LogP contribution in [0.15, 0.2) is 24.3 Å². The number of benzene rings is 1. The van der Waals surface area contributed by atoms with Gasteiger partial charge >= 0.3 is 0 Å². The summed E-state index contributed by atoms with van der Waals surface area (Å²) in [5.41, 5.74) is 2.00. The first-order valence-corrected chi connectivity index (χ1v) is 8.08. The average Bonchev–Trinajstić information content (AvgIpc) is 3.18. The maximum atomic E-state index is 5.28. The fourth-order valence-electron chi connectivity index (χ4n) is 3.22. The number of fused-ring (bicyclic) bond motifs is 1. The number of aryl methyl sites for hydroxylation is 1. The third-order valence-corrected chi connectivity index (χ3v) is 4.45. The molecule has 7 heteroatoms. The van der Waals surface area contributed by atoms with Crippen LogP contribution < -0.4 is 9.64 Å². The van der Waals surface area contributed by atoms with Gasteiger partial charge in [-0.2, -0.15) is 4.98 Å². The van der Waals surface area contributed by atoms with Gasteiger partial charge in [0.2, 0.25) is 5.95 Å². The minimum absolute atomic E-state index is 0. The second-order valence-electron chi connectivity index (χ2n) is 6.04. The highest BCUT2D eigenvalue weighted by molar-refractivity contribution is 5.86. The zero-order chi connectivity index (χ0) is 15.8. The average molecular weight is 348 g/mol. The van der Waals surface area contributed by atoms with Crippen LogP contribution in [-0.2, 0) is 7.05 Å². The Morgan fingerprint density at radius 1 is 1.12 bits per heavy atom. The molecule has 1 aromatic carbocycles. The van der Waals surface area contributed by atoms with Crippen LogP contribution in [0.3, 0.4) is 0 Å². The second-order valence-corrected chi connectivity index (χ2v) is 6.04. The number of hydrogen-bond acceptors (Lipinski definition) is 4. The lowest BCUT2D eigenvalue weighted by molar-refractivity contribution is 0.415. The number of anilines is 1. The van der Waals surface area contributed by atoms with Gasteiger partial charge in [-0.05, 0) is 43.5 Å². The highest BCUT2D eigenvalue weighted by Gasteiger charge is 2.18. The molecule has 128 valence electrons. The van der Waals surface area contributed by atoms with E-state index in [-0.39, 0.29) is 12.4 Å². The van der Waals surface area contributed by atoms with Gasteiger partial charge in [0, 0.05) is 31.0 Å². The molecule has 1 aliphatic heterocycles. The summed E-state index contributed by atoms with van der Waals surface area (Å²) in [6, 6.07) is 8.07. The van der Waals surface area contributed by atoms with E-state index >= 15 is 0 Å². The van der Waals surface area contributed by atoms with E-state index in [1.807, 2.05) is 29.9 Å². The lowest BCUT2D eigenvalue weighted by atomic mass is 10.1. The van der Waals surface area contributed by atoms with Crippen molar-refractivity contribution in [3.8, 4) is 17.3 Å². The van der Waals surface area contributed by atoms with Gasteiger partial charge in [-0.3, -0.25) is 0 Å². The number of aromatic amines is 1. The molecule has 1 saturated heterocycles. The lowest BCUT2D eigenvalue weighted by Crippen LogP contribution is -2.31. The standard InChI is InChI=1S/C17H21N5O.ClH/c1-21-17(22-8-4-3-5-9-22)19-16(20-21)15-11-12-10-13(23-2)6-7-14(12)18-15;/h6-7,10-11,18H,3-5,8-9H2,1-2H3;1H. The van der Waals surface area contributed by atoms with E-state index in [1.54, 1.807) is 7.11 Å². The fourth-order valence-corrected chi connectivity index (χ4v) is 3.22. The van der Waals surface area contributed by atoms with E-state index in [0.717, 1.165) is 47.2 Å². The Labute approximate surface area is 147 Å². The van der Waals surface area contributed by atoms with Gasteiger partial charge in [0.25, 0.3) is 0 Å². The number of nitrogens with one attached hydrogen (secondary N) is 1. The highest BCUT2D eigenvalue weighted by Crippen LogP contribution is 2.27. The van der Waals surface area contributed by atoms with E-state index < -0.39 is 0 Å². The summed E-state index contributed by atoms with van der Waals surface area (Å²) in [5.74, 6) is 2.55. The number of methoxy groups -OCH3 is 1. The van der Waals surface area contributed by atoms with Gasteiger partial charge in [-0.15, -0.1) is 17.5 Å². The van der Waals surface area contributed by atoms with Crippen LogP contribution in [0.25, 0.3) is 22.4 Å². The maximum Gasteiger partial charge on any atom is 0.224 e. The summed E-state index contributed by atoms with van der Waals surface area (Å²) >= 11 is 0. The molecule has 4 rings (SSSR count). The fraction of sp³-hybridized carbons (Fsp3) is 0.412. The minimum Gasteiger partial charge on any atom is -0.497 e. The van der Waals surface area contributed by atoms with Crippen molar-refractivity contribution in [3.05, 3.63) is 24.3 Å². The van der Waals surface area contributed by atoms with Gasteiger partial charge in [0.15, 0.2) is 5.82 Å². The zero-order valence-electron chi connectivity index (χ0n) is 14.0. The van der Waals surface area contributed by atoms with Gasteiger partial charge in [0.1, 0.15) is 5.75 Å². The molecule has 2 aromatic heterocycles. The maximum absolute atomic E-state index is 5.28. The molecule has 3 aromatic rings. The Balaban J connectivity index is 0.00000169. The molecule has 3 heterocycles. The highest BCUT2D eigenvalue weighted by atomic mass is 35.5. The van der Waals surface area contributed by atoms with E-state index in [4.69, 9.17) is 9.72 Å². The minimum atomic E-state index is 0. The van der Waals surface area contributed by atoms with Gasteiger partial charge in [-0.25, -0.2) is 4.68 Å².